The molecule has 0 fully saturated rings. The lowest BCUT2D eigenvalue weighted by molar-refractivity contribution is -0.259. The molecule has 3 nitrogen and oxygen atoms in total. The quantitative estimate of drug-likeness (QED) is 0.753. The molecule has 14 heavy (non-hydrogen) atoms. The van der Waals surface area contributed by atoms with Crippen molar-refractivity contribution < 1.29 is 14.6 Å². The highest BCUT2D eigenvalue weighted by atomic mass is 16.8. The number of para-hydroxylation sites is 1. The Morgan fingerprint density at radius 2 is 1.71 bits per heavy atom. The molecule has 0 bridgehead atoms. The molecule has 1 aromatic carbocycles. The first kappa shape index (κ1) is 11.0. The highest BCUT2D eigenvalue weighted by Gasteiger charge is 2.17. The highest BCUT2D eigenvalue weighted by Crippen LogP contribution is 2.14. The maximum atomic E-state index is 9.39. The van der Waals surface area contributed by atoms with Crippen molar-refractivity contribution in [3.8, 4) is 5.75 Å². The summed E-state index contributed by atoms with van der Waals surface area (Å²) in [7, 11) is 0. The van der Waals surface area contributed by atoms with Gasteiger partial charge in [-0.2, -0.15) is 0 Å². The third kappa shape index (κ3) is 4.25. The van der Waals surface area contributed by atoms with Crippen molar-refractivity contribution in [2.24, 2.45) is 0 Å². The van der Waals surface area contributed by atoms with Crippen molar-refractivity contribution in [1.82, 2.24) is 0 Å². The van der Waals surface area contributed by atoms with E-state index in [9.17, 15) is 5.11 Å². The summed E-state index contributed by atoms with van der Waals surface area (Å²) in [6, 6.07) is 9.06. The lowest BCUT2D eigenvalue weighted by atomic mass is 10.2. The van der Waals surface area contributed by atoms with Gasteiger partial charge in [-0.3, -0.25) is 0 Å². The molecule has 3 heteroatoms. The molecule has 0 aliphatic carbocycles. The van der Waals surface area contributed by atoms with Gasteiger partial charge in [0, 0.05) is 0 Å². The van der Waals surface area contributed by atoms with Crippen LogP contribution in [0.25, 0.3) is 0 Å². The van der Waals surface area contributed by atoms with Gasteiger partial charge in [0.2, 0.25) is 0 Å². The minimum atomic E-state index is -1.22. The van der Waals surface area contributed by atoms with Crippen LogP contribution in [0.4, 0.5) is 0 Å². The van der Waals surface area contributed by atoms with E-state index >= 15 is 0 Å². The van der Waals surface area contributed by atoms with Crippen LogP contribution in [0.2, 0.25) is 0 Å². The summed E-state index contributed by atoms with van der Waals surface area (Å²) in [5, 5.41) is 9.39. The Bertz CT molecular complexity index is 264. The Morgan fingerprint density at radius 3 is 2.21 bits per heavy atom. The monoisotopic (exact) mass is 196 g/mol. The van der Waals surface area contributed by atoms with E-state index < -0.39 is 12.1 Å². The second-order valence-electron chi connectivity index (χ2n) is 3.97. The van der Waals surface area contributed by atoms with Crippen LogP contribution in [-0.2, 0) is 4.74 Å². The van der Waals surface area contributed by atoms with E-state index in [1.54, 1.807) is 12.1 Å². The fourth-order valence-corrected chi connectivity index (χ4v) is 0.942. The normalized spacial score (nSPS) is 13.7. The molecule has 0 amide bonds. The van der Waals surface area contributed by atoms with Crippen LogP contribution in [0.5, 0.6) is 5.75 Å². The lowest BCUT2D eigenvalue weighted by Crippen LogP contribution is -2.31. The Morgan fingerprint density at radius 1 is 1.14 bits per heavy atom. The number of ether oxygens (including phenoxy) is 2. The molecule has 1 aromatic rings. The third-order valence-electron chi connectivity index (χ3n) is 1.43. The summed E-state index contributed by atoms with van der Waals surface area (Å²) in [4.78, 5) is 0. The molecule has 0 aliphatic rings. The van der Waals surface area contributed by atoms with Crippen LogP contribution in [0.3, 0.4) is 0 Å². The first-order valence-corrected chi connectivity index (χ1v) is 4.55. The minimum absolute atomic E-state index is 0.422. The number of hydrogen-bond donors (Lipinski definition) is 1. The summed E-state index contributed by atoms with van der Waals surface area (Å²) in [6.07, 6.45) is 0. The zero-order valence-corrected chi connectivity index (χ0v) is 8.73. The molecule has 1 atom stereocenters. The van der Waals surface area contributed by atoms with E-state index in [1.165, 1.54) is 0 Å². The van der Waals surface area contributed by atoms with Crippen LogP contribution in [0.15, 0.2) is 30.3 Å². The first-order valence-electron chi connectivity index (χ1n) is 4.55. The minimum Gasteiger partial charge on any atom is -0.441 e. The topological polar surface area (TPSA) is 38.7 Å². The molecular weight excluding hydrogens is 180 g/mol. The Hall–Kier alpha value is -1.06. The molecule has 1 unspecified atom stereocenters. The fourth-order valence-electron chi connectivity index (χ4n) is 0.942. The summed E-state index contributed by atoms with van der Waals surface area (Å²) in [5.74, 6) is 0.587. The van der Waals surface area contributed by atoms with Gasteiger partial charge in [0.25, 0.3) is 0 Å². The van der Waals surface area contributed by atoms with Gasteiger partial charge in [-0.15, -0.1) is 0 Å². The standard InChI is InChI=1S/C11H16O3/c1-11(2,3)14-10(12)13-9-7-5-4-6-8-9/h4-8,10,12H,1-3H3. The second-order valence-corrected chi connectivity index (χ2v) is 3.97. The third-order valence-corrected chi connectivity index (χ3v) is 1.43. The maximum absolute atomic E-state index is 9.39. The average molecular weight is 196 g/mol. The van der Waals surface area contributed by atoms with Gasteiger partial charge < -0.3 is 14.6 Å². The molecule has 0 heterocycles. The van der Waals surface area contributed by atoms with Crippen molar-refractivity contribution >= 4 is 0 Å². The van der Waals surface area contributed by atoms with Gasteiger partial charge in [0.1, 0.15) is 5.75 Å². The molecular formula is C11H16O3. The predicted molar refractivity (Wildman–Crippen MR) is 53.9 cm³/mol. The summed E-state index contributed by atoms with van der Waals surface area (Å²) < 4.78 is 10.3. The number of benzene rings is 1. The van der Waals surface area contributed by atoms with Crippen molar-refractivity contribution in [2.75, 3.05) is 0 Å². The van der Waals surface area contributed by atoms with Gasteiger partial charge in [0.05, 0.1) is 5.60 Å². The number of hydrogen-bond acceptors (Lipinski definition) is 3. The van der Waals surface area contributed by atoms with Gasteiger partial charge >= 0.3 is 6.48 Å². The molecule has 0 radical (unpaired) electrons. The van der Waals surface area contributed by atoms with E-state index in [1.807, 2.05) is 39.0 Å². The van der Waals surface area contributed by atoms with Gasteiger partial charge in [-0.25, -0.2) is 0 Å². The van der Waals surface area contributed by atoms with E-state index in [2.05, 4.69) is 0 Å². The Labute approximate surface area is 84.3 Å². The second kappa shape index (κ2) is 4.44. The van der Waals surface area contributed by atoms with Crippen molar-refractivity contribution in [2.45, 2.75) is 32.8 Å². The number of rotatable bonds is 3. The van der Waals surface area contributed by atoms with Gasteiger partial charge in [0.15, 0.2) is 0 Å². The fraction of sp³-hybridized carbons (Fsp3) is 0.455. The Kier molecular flexibility index (Phi) is 3.49. The summed E-state index contributed by atoms with van der Waals surface area (Å²) in [6.45, 7) is 4.33. The van der Waals surface area contributed by atoms with Crippen LogP contribution in [0.1, 0.15) is 20.8 Å². The molecule has 0 aromatic heterocycles. The van der Waals surface area contributed by atoms with E-state index in [-0.39, 0.29) is 0 Å². The Balaban J connectivity index is 2.46. The highest BCUT2D eigenvalue weighted by molar-refractivity contribution is 5.20. The van der Waals surface area contributed by atoms with E-state index in [0.717, 1.165) is 0 Å². The summed E-state index contributed by atoms with van der Waals surface area (Å²) in [5.41, 5.74) is -0.422. The zero-order valence-electron chi connectivity index (χ0n) is 8.73. The van der Waals surface area contributed by atoms with Gasteiger partial charge in [-0.1, -0.05) is 18.2 Å². The van der Waals surface area contributed by atoms with Crippen LogP contribution >= 0.6 is 0 Å². The molecule has 1 N–H and O–H groups in total. The first-order chi connectivity index (χ1) is 6.47. The molecule has 0 spiro atoms. The largest absolute Gasteiger partial charge is 0.441 e. The molecule has 1 rings (SSSR count). The van der Waals surface area contributed by atoms with Crippen molar-refractivity contribution in [3.63, 3.8) is 0 Å². The molecule has 0 saturated heterocycles. The van der Waals surface area contributed by atoms with Gasteiger partial charge in [-0.05, 0) is 32.9 Å². The number of aliphatic hydroxyl groups excluding tert-OH is 1. The van der Waals surface area contributed by atoms with E-state index in [4.69, 9.17) is 9.47 Å². The molecule has 78 valence electrons. The van der Waals surface area contributed by atoms with Crippen molar-refractivity contribution in [3.05, 3.63) is 30.3 Å². The number of aliphatic hydroxyl groups is 1. The van der Waals surface area contributed by atoms with Crippen LogP contribution in [-0.4, -0.2) is 17.2 Å². The predicted octanol–water partition coefficient (Wildman–Crippen LogP) is 2.16. The summed E-state index contributed by atoms with van der Waals surface area (Å²) >= 11 is 0. The van der Waals surface area contributed by atoms with Crippen LogP contribution in [0, 0.1) is 0 Å². The zero-order chi connectivity index (χ0) is 10.6. The maximum Gasteiger partial charge on any atom is 0.313 e. The van der Waals surface area contributed by atoms with Crippen LogP contribution < -0.4 is 4.74 Å². The van der Waals surface area contributed by atoms with E-state index in [0.29, 0.717) is 5.75 Å². The average Bonchev–Trinajstić information content (AvgIpc) is 2.02. The SMILES string of the molecule is CC(C)(C)OC(O)Oc1ccccc1. The molecule has 0 saturated carbocycles. The molecule has 0 aliphatic heterocycles. The van der Waals surface area contributed by atoms with Crippen molar-refractivity contribution in [1.29, 1.82) is 0 Å². The lowest BCUT2D eigenvalue weighted by Gasteiger charge is -2.23. The smallest absolute Gasteiger partial charge is 0.313 e.